The van der Waals surface area contributed by atoms with Gasteiger partial charge in [0.25, 0.3) is 11.6 Å². The molecule has 1 aromatic heterocycles. The predicted molar refractivity (Wildman–Crippen MR) is 115 cm³/mol. The number of non-ortho nitro benzene ring substituents is 1. The predicted octanol–water partition coefficient (Wildman–Crippen LogP) is 4.59. The van der Waals surface area contributed by atoms with Crippen molar-refractivity contribution in [2.45, 2.75) is 19.4 Å². The van der Waals surface area contributed by atoms with Gasteiger partial charge in [0.2, 0.25) is 0 Å². The quantitative estimate of drug-likeness (QED) is 0.468. The number of nitrogens with zero attached hydrogens (tertiary/aromatic N) is 4. The number of carbonyl (C=O) groups excluding carboxylic acids is 1. The van der Waals surface area contributed by atoms with Crippen molar-refractivity contribution in [3.63, 3.8) is 0 Å². The molecule has 1 aliphatic heterocycles. The number of anilines is 2. The molecular formula is C21H20N4O3S. The van der Waals surface area contributed by atoms with E-state index >= 15 is 0 Å². The molecule has 0 fully saturated rings. The fourth-order valence-electron chi connectivity index (χ4n) is 3.55. The Labute approximate surface area is 172 Å². The monoisotopic (exact) mass is 408 g/mol. The number of benzene rings is 2. The Hall–Kier alpha value is -3.26. The van der Waals surface area contributed by atoms with Crippen molar-refractivity contribution in [1.29, 1.82) is 0 Å². The third kappa shape index (κ3) is 3.58. The number of amides is 1. The van der Waals surface area contributed by atoms with Crippen LogP contribution in [0.3, 0.4) is 0 Å². The molecule has 0 radical (unpaired) electrons. The molecule has 4 rings (SSSR count). The van der Waals surface area contributed by atoms with Crippen molar-refractivity contribution in [1.82, 2.24) is 4.98 Å². The summed E-state index contributed by atoms with van der Waals surface area (Å²) in [7, 11) is 2.03. The van der Waals surface area contributed by atoms with Gasteiger partial charge in [-0.25, -0.2) is 4.98 Å². The Morgan fingerprint density at radius 3 is 2.72 bits per heavy atom. The Morgan fingerprint density at radius 2 is 1.97 bits per heavy atom. The van der Waals surface area contributed by atoms with Gasteiger partial charge >= 0.3 is 0 Å². The summed E-state index contributed by atoms with van der Waals surface area (Å²) in [6.45, 7) is 2.90. The highest BCUT2D eigenvalue weighted by molar-refractivity contribution is 7.13. The van der Waals surface area contributed by atoms with E-state index in [2.05, 4.69) is 9.88 Å². The summed E-state index contributed by atoms with van der Waals surface area (Å²) in [5.41, 5.74) is 2.87. The van der Waals surface area contributed by atoms with Crippen LogP contribution in [0.1, 0.15) is 23.8 Å². The number of rotatable bonds is 3. The lowest BCUT2D eigenvalue weighted by atomic mass is 10.1. The van der Waals surface area contributed by atoms with Crippen molar-refractivity contribution in [2.75, 3.05) is 23.4 Å². The van der Waals surface area contributed by atoms with Crippen LogP contribution >= 0.6 is 11.3 Å². The fourth-order valence-corrected chi connectivity index (χ4v) is 4.34. The van der Waals surface area contributed by atoms with E-state index in [1.54, 1.807) is 17.5 Å². The highest BCUT2D eigenvalue weighted by Crippen LogP contribution is 2.35. The second-order valence-corrected chi connectivity index (χ2v) is 7.93. The normalized spacial score (nSPS) is 16.3. The molecule has 1 atom stereocenters. The van der Waals surface area contributed by atoms with E-state index in [4.69, 9.17) is 0 Å². The minimum absolute atomic E-state index is 0.00341. The van der Waals surface area contributed by atoms with Crippen molar-refractivity contribution in [3.05, 3.63) is 69.7 Å². The van der Waals surface area contributed by atoms with E-state index < -0.39 is 4.92 Å². The van der Waals surface area contributed by atoms with E-state index in [0.717, 1.165) is 24.3 Å². The van der Waals surface area contributed by atoms with Gasteiger partial charge in [0.15, 0.2) is 0 Å². The highest BCUT2D eigenvalue weighted by atomic mass is 32.1. The summed E-state index contributed by atoms with van der Waals surface area (Å²) in [6.07, 6.45) is 0.846. The molecule has 0 bridgehead atoms. The number of hydrogen-bond acceptors (Lipinski definition) is 6. The van der Waals surface area contributed by atoms with Gasteiger partial charge in [-0.15, -0.1) is 11.3 Å². The van der Waals surface area contributed by atoms with Crippen LogP contribution in [0, 0.1) is 10.1 Å². The molecular weight excluding hydrogens is 388 g/mol. The molecule has 1 amide bonds. The Kier molecular flexibility index (Phi) is 5.02. The van der Waals surface area contributed by atoms with E-state index in [-0.39, 0.29) is 17.6 Å². The second-order valence-electron chi connectivity index (χ2n) is 7.07. The molecule has 29 heavy (non-hydrogen) atoms. The molecule has 148 valence electrons. The number of fused-ring (bicyclic) bond motifs is 1. The van der Waals surface area contributed by atoms with Crippen LogP contribution in [0.4, 0.5) is 17.1 Å². The average Bonchev–Trinajstić information content (AvgIpc) is 3.18. The Bertz CT molecular complexity index is 1080. The number of thiazole rings is 1. The zero-order chi connectivity index (χ0) is 20.5. The molecule has 2 heterocycles. The van der Waals surface area contributed by atoms with Crippen molar-refractivity contribution < 1.29 is 9.72 Å². The lowest BCUT2D eigenvalue weighted by Gasteiger charge is -2.28. The first kappa shape index (κ1) is 19.1. The number of hydrogen-bond donors (Lipinski definition) is 0. The molecule has 0 saturated carbocycles. The summed E-state index contributed by atoms with van der Waals surface area (Å²) in [5.74, 6) is -0.159. The van der Waals surface area contributed by atoms with Gasteiger partial charge in [-0.3, -0.25) is 14.9 Å². The molecule has 3 aromatic rings. The highest BCUT2D eigenvalue weighted by Gasteiger charge is 2.30. The van der Waals surface area contributed by atoms with Gasteiger partial charge in [0.1, 0.15) is 10.7 Å². The molecule has 0 aliphatic carbocycles. The molecule has 7 nitrogen and oxygen atoms in total. The van der Waals surface area contributed by atoms with Crippen LogP contribution in [-0.2, 0) is 0 Å². The summed E-state index contributed by atoms with van der Waals surface area (Å²) in [4.78, 5) is 32.5. The number of aromatic nitrogens is 1. The van der Waals surface area contributed by atoms with Gasteiger partial charge in [-0.05, 0) is 25.5 Å². The largest absolute Gasteiger partial charge is 0.373 e. The molecule has 0 N–H and O–H groups in total. The van der Waals surface area contributed by atoms with Gasteiger partial charge in [0.05, 0.1) is 16.3 Å². The number of carbonyl (C=O) groups is 1. The van der Waals surface area contributed by atoms with Crippen LogP contribution in [-0.4, -0.2) is 35.4 Å². The minimum Gasteiger partial charge on any atom is -0.373 e. The minimum atomic E-state index is -0.435. The second kappa shape index (κ2) is 7.63. The van der Waals surface area contributed by atoms with Crippen LogP contribution in [0.15, 0.2) is 53.9 Å². The maximum absolute atomic E-state index is 13.4. The molecule has 0 saturated heterocycles. The van der Waals surface area contributed by atoms with Crippen LogP contribution in [0.25, 0.3) is 10.6 Å². The molecule has 2 aromatic carbocycles. The van der Waals surface area contributed by atoms with Gasteiger partial charge in [-0.1, -0.05) is 24.3 Å². The van der Waals surface area contributed by atoms with E-state index in [9.17, 15) is 14.9 Å². The van der Waals surface area contributed by atoms with Crippen molar-refractivity contribution >= 4 is 34.3 Å². The summed E-state index contributed by atoms with van der Waals surface area (Å²) in [5, 5.41) is 13.4. The van der Waals surface area contributed by atoms with Gasteiger partial charge in [-0.2, -0.15) is 0 Å². The Morgan fingerprint density at radius 1 is 1.21 bits per heavy atom. The average molecular weight is 408 g/mol. The summed E-state index contributed by atoms with van der Waals surface area (Å²) < 4.78 is 0. The van der Waals surface area contributed by atoms with Crippen molar-refractivity contribution in [3.8, 4) is 10.6 Å². The van der Waals surface area contributed by atoms with Crippen LogP contribution < -0.4 is 9.80 Å². The van der Waals surface area contributed by atoms with Crippen LogP contribution in [0.2, 0.25) is 0 Å². The first-order valence-electron chi connectivity index (χ1n) is 9.30. The lowest BCUT2D eigenvalue weighted by molar-refractivity contribution is -0.384. The number of para-hydroxylation sites is 2. The van der Waals surface area contributed by atoms with E-state index in [1.807, 2.05) is 43.1 Å². The molecule has 1 unspecified atom stereocenters. The maximum Gasteiger partial charge on any atom is 0.278 e. The fraction of sp³-hybridized carbons (Fsp3) is 0.238. The standard InChI is InChI=1S/C21H20N4O3S/c1-14-10-11-23(2)18-8-3-4-9-19(18)24(14)21(26)17-13-29-20(22-17)15-6-5-7-16(12-15)25(27)28/h3-9,12-14H,10-11H2,1-2H3. The van der Waals surface area contributed by atoms with Crippen molar-refractivity contribution in [2.24, 2.45) is 0 Å². The summed E-state index contributed by atoms with van der Waals surface area (Å²) >= 11 is 1.31. The first-order valence-corrected chi connectivity index (χ1v) is 10.2. The first-order chi connectivity index (χ1) is 14.0. The van der Waals surface area contributed by atoms with E-state index in [0.29, 0.717) is 16.3 Å². The topological polar surface area (TPSA) is 79.6 Å². The zero-order valence-corrected chi connectivity index (χ0v) is 16.9. The number of nitro groups is 1. The van der Waals surface area contributed by atoms with Gasteiger partial charge in [0, 0.05) is 42.7 Å². The van der Waals surface area contributed by atoms with E-state index in [1.165, 1.54) is 23.5 Å². The zero-order valence-electron chi connectivity index (χ0n) is 16.1. The lowest BCUT2D eigenvalue weighted by Crippen LogP contribution is -2.38. The summed E-state index contributed by atoms with van der Waals surface area (Å²) in [6, 6.07) is 14.2. The molecule has 0 spiro atoms. The maximum atomic E-state index is 13.4. The third-order valence-electron chi connectivity index (χ3n) is 5.12. The van der Waals surface area contributed by atoms with Crippen LogP contribution in [0.5, 0.6) is 0 Å². The molecule has 1 aliphatic rings. The number of nitro benzene ring substituents is 1. The van der Waals surface area contributed by atoms with Gasteiger partial charge < -0.3 is 9.80 Å². The smallest absolute Gasteiger partial charge is 0.278 e. The Balaban J connectivity index is 1.69. The molecule has 8 heteroatoms. The SMILES string of the molecule is CC1CCN(C)c2ccccc2N1C(=O)c1csc(-c2cccc([N+](=O)[O-])c2)n1. The third-order valence-corrected chi connectivity index (χ3v) is 6.01.